The number of hydrogen-bond acceptors (Lipinski definition) is 2. The summed E-state index contributed by atoms with van der Waals surface area (Å²) in [6, 6.07) is 6.75. The zero-order valence-corrected chi connectivity index (χ0v) is 16.3. The molecule has 0 aromatic heterocycles. The highest BCUT2D eigenvalue weighted by atomic mass is 127. The van der Waals surface area contributed by atoms with Crippen LogP contribution in [0, 0.1) is 11.7 Å². The van der Waals surface area contributed by atoms with E-state index in [2.05, 4.69) is 10.3 Å². The van der Waals surface area contributed by atoms with Gasteiger partial charge in [-0.15, -0.1) is 24.0 Å². The third kappa shape index (κ3) is 7.48. The summed E-state index contributed by atoms with van der Waals surface area (Å²) < 4.78 is 19.3. The second-order valence-corrected chi connectivity index (χ2v) is 5.70. The highest BCUT2D eigenvalue weighted by molar-refractivity contribution is 14.0. The van der Waals surface area contributed by atoms with Gasteiger partial charge in [-0.3, -0.25) is 0 Å². The summed E-state index contributed by atoms with van der Waals surface area (Å²) in [7, 11) is 1.98. The van der Waals surface area contributed by atoms with Crippen molar-refractivity contribution in [2.75, 3.05) is 33.4 Å². The summed E-state index contributed by atoms with van der Waals surface area (Å²) in [5.74, 6) is 1.35. The van der Waals surface area contributed by atoms with Crippen LogP contribution in [-0.2, 0) is 11.3 Å². The van der Waals surface area contributed by atoms with E-state index in [1.54, 1.807) is 12.1 Å². The van der Waals surface area contributed by atoms with Gasteiger partial charge in [0.05, 0.1) is 13.2 Å². The van der Waals surface area contributed by atoms with Crippen LogP contribution in [0.2, 0.25) is 0 Å². The van der Waals surface area contributed by atoms with Crippen molar-refractivity contribution in [2.24, 2.45) is 10.9 Å². The van der Waals surface area contributed by atoms with Gasteiger partial charge in [0, 0.05) is 32.3 Å². The minimum atomic E-state index is -0.211. The standard InChI is InChI=1S/C17H26FN3O.HI/c1-3-19-17(20-12-15-6-4-5-7-16(15)18)21(2)10-11-22-13-14-8-9-14;/h4-7,14H,3,8-13H2,1-2H3,(H,19,20);1H. The Kier molecular flexibility index (Phi) is 9.47. The van der Waals surface area contributed by atoms with Gasteiger partial charge in [-0.2, -0.15) is 0 Å². The molecule has 23 heavy (non-hydrogen) atoms. The Morgan fingerprint density at radius 2 is 2.13 bits per heavy atom. The molecule has 0 unspecified atom stereocenters. The van der Waals surface area contributed by atoms with Gasteiger partial charge < -0.3 is 15.0 Å². The number of guanidine groups is 1. The van der Waals surface area contributed by atoms with Crippen molar-refractivity contribution in [3.05, 3.63) is 35.6 Å². The molecule has 0 bridgehead atoms. The van der Waals surface area contributed by atoms with Crippen LogP contribution in [0.4, 0.5) is 4.39 Å². The van der Waals surface area contributed by atoms with Gasteiger partial charge in [0.1, 0.15) is 5.82 Å². The first kappa shape index (κ1) is 20.2. The van der Waals surface area contributed by atoms with Gasteiger partial charge >= 0.3 is 0 Å². The fourth-order valence-electron chi connectivity index (χ4n) is 2.10. The SMILES string of the molecule is CCNC(=NCc1ccccc1F)N(C)CCOCC1CC1.I. The van der Waals surface area contributed by atoms with Crippen LogP contribution in [0.25, 0.3) is 0 Å². The predicted molar refractivity (Wildman–Crippen MR) is 103 cm³/mol. The van der Waals surface area contributed by atoms with Crippen molar-refractivity contribution in [2.45, 2.75) is 26.3 Å². The summed E-state index contributed by atoms with van der Waals surface area (Å²) in [5.41, 5.74) is 0.608. The number of hydrogen-bond donors (Lipinski definition) is 1. The second-order valence-electron chi connectivity index (χ2n) is 5.70. The molecule has 2 rings (SSSR count). The van der Waals surface area contributed by atoms with E-state index in [0.717, 1.165) is 31.6 Å². The number of benzene rings is 1. The largest absolute Gasteiger partial charge is 0.379 e. The number of likely N-dealkylation sites (N-methyl/N-ethyl adjacent to an activating group) is 1. The molecule has 0 radical (unpaired) electrons. The van der Waals surface area contributed by atoms with Gasteiger partial charge in [0.25, 0.3) is 0 Å². The van der Waals surface area contributed by atoms with E-state index in [-0.39, 0.29) is 29.8 Å². The van der Waals surface area contributed by atoms with Gasteiger partial charge in [0.15, 0.2) is 5.96 Å². The number of ether oxygens (including phenoxy) is 1. The number of nitrogens with one attached hydrogen (secondary N) is 1. The van der Waals surface area contributed by atoms with Gasteiger partial charge in [0.2, 0.25) is 0 Å². The summed E-state index contributed by atoms with van der Waals surface area (Å²) in [4.78, 5) is 6.53. The molecule has 0 spiro atoms. The molecule has 1 aliphatic rings. The van der Waals surface area contributed by atoms with Crippen molar-refractivity contribution in [3.8, 4) is 0 Å². The average molecular weight is 435 g/mol. The third-order valence-corrected chi connectivity index (χ3v) is 3.67. The zero-order chi connectivity index (χ0) is 15.8. The van der Waals surface area contributed by atoms with Crippen molar-refractivity contribution < 1.29 is 9.13 Å². The Balaban J connectivity index is 0.00000264. The Labute approximate surface area is 155 Å². The van der Waals surface area contributed by atoms with E-state index in [4.69, 9.17) is 4.74 Å². The molecule has 0 heterocycles. The van der Waals surface area contributed by atoms with E-state index in [1.807, 2.05) is 24.9 Å². The lowest BCUT2D eigenvalue weighted by Crippen LogP contribution is -2.40. The second kappa shape index (κ2) is 10.8. The van der Waals surface area contributed by atoms with E-state index in [9.17, 15) is 4.39 Å². The summed E-state index contributed by atoms with van der Waals surface area (Å²) in [5, 5.41) is 3.23. The lowest BCUT2D eigenvalue weighted by Gasteiger charge is -2.22. The summed E-state index contributed by atoms with van der Waals surface area (Å²) in [6.07, 6.45) is 2.62. The molecule has 1 aromatic carbocycles. The summed E-state index contributed by atoms with van der Waals surface area (Å²) in [6.45, 7) is 5.48. The van der Waals surface area contributed by atoms with Crippen LogP contribution in [0.3, 0.4) is 0 Å². The molecular weight excluding hydrogens is 408 g/mol. The molecule has 1 N–H and O–H groups in total. The smallest absolute Gasteiger partial charge is 0.194 e. The average Bonchev–Trinajstić information content (AvgIpc) is 3.33. The third-order valence-electron chi connectivity index (χ3n) is 3.67. The zero-order valence-electron chi connectivity index (χ0n) is 13.9. The molecule has 1 aliphatic carbocycles. The van der Waals surface area contributed by atoms with Crippen LogP contribution in [-0.4, -0.2) is 44.2 Å². The maximum atomic E-state index is 13.6. The Hall–Kier alpha value is -0.890. The number of rotatable bonds is 8. The van der Waals surface area contributed by atoms with Crippen LogP contribution >= 0.6 is 24.0 Å². The van der Waals surface area contributed by atoms with E-state index >= 15 is 0 Å². The first-order valence-electron chi connectivity index (χ1n) is 8.01. The van der Waals surface area contributed by atoms with Crippen LogP contribution in [0.15, 0.2) is 29.3 Å². The molecule has 1 aromatic rings. The van der Waals surface area contributed by atoms with Gasteiger partial charge in [-0.05, 0) is 31.7 Å². The summed E-state index contributed by atoms with van der Waals surface area (Å²) >= 11 is 0. The molecule has 0 aliphatic heterocycles. The quantitative estimate of drug-likeness (QED) is 0.295. The van der Waals surface area contributed by atoms with Crippen molar-refractivity contribution in [1.29, 1.82) is 0 Å². The Morgan fingerprint density at radius 1 is 1.39 bits per heavy atom. The van der Waals surface area contributed by atoms with Crippen molar-refractivity contribution in [1.82, 2.24) is 10.2 Å². The molecular formula is C17H27FIN3O. The van der Waals surface area contributed by atoms with E-state index in [0.29, 0.717) is 18.7 Å². The first-order chi connectivity index (χ1) is 10.7. The van der Waals surface area contributed by atoms with Crippen molar-refractivity contribution in [3.63, 3.8) is 0 Å². The normalized spacial score (nSPS) is 14.3. The molecule has 130 valence electrons. The molecule has 1 saturated carbocycles. The monoisotopic (exact) mass is 435 g/mol. The number of aliphatic imine (C=N–C) groups is 1. The Morgan fingerprint density at radius 3 is 2.78 bits per heavy atom. The number of halogens is 2. The highest BCUT2D eigenvalue weighted by Gasteiger charge is 2.21. The van der Waals surface area contributed by atoms with Crippen LogP contribution < -0.4 is 5.32 Å². The van der Waals surface area contributed by atoms with E-state index in [1.165, 1.54) is 18.9 Å². The molecule has 0 saturated heterocycles. The topological polar surface area (TPSA) is 36.9 Å². The minimum Gasteiger partial charge on any atom is -0.379 e. The maximum absolute atomic E-state index is 13.6. The Bertz CT molecular complexity index is 494. The van der Waals surface area contributed by atoms with Crippen LogP contribution in [0.1, 0.15) is 25.3 Å². The van der Waals surface area contributed by atoms with Crippen molar-refractivity contribution >= 4 is 29.9 Å². The first-order valence-corrected chi connectivity index (χ1v) is 8.01. The predicted octanol–water partition coefficient (Wildman–Crippen LogP) is 3.27. The molecule has 6 heteroatoms. The molecule has 1 fully saturated rings. The number of nitrogens with zero attached hydrogens (tertiary/aromatic N) is 2. The lowest BCUT2D eigenvalue weighted by molar-refractivity contribution is 0.115. The van der Waals surface area contributed by atoms with E-state index < -0.39 is 0 Å². The maximum Gasteiger partial charge on any atom is 0.194 e. The fraction of sp³-hybridized carbons (Fsp3) is 0.588. The molecule has 0 atom stereocenters. The minimum absolute atomic E-state index is 0. The lowest BCUT2D eigenvalue weighted by atomic mass is 10.2. The molecule has 4 nitrogen and oxygen atoms in total. The fourth-order valence-corrected chi connectivity index (χ4v) is 2.10. The van der Waals surface area contributed by atoms with Gasteiger partial charge in [-0.25, -0.2) is 9.38 Å². The highest BCUT2D eigenvalue weighted by Crippen LogP contribution is 2.28. The van der Waals surface area contributed by atoms with Crippen LogP contribution in [0.5, 0.6) is 0 Å². The molecule has 0 amide bonds. The van der Waals surface area contributed by atoms with Gasteiger partial charge in [-0.1, -0.05) is 18.2 Å².